The lowest BCUT2D eigenvalue weighted by molar-refractivity contribution is -0.116. The molecule has 8 heteroatoms. The van der Waals surface area contributed by atoms with Crippen molar-refractivity contribution in [3.63, 3.8) is 0 Å². The van der Waals surface area contributed by atoms with Crippen molar-refractivity contribution >= 4 is 21.4 Å². The lowest BCUT2D eigenvalue weighted by Gasteiger charge is -2.09. The molecule has 0 radical (unpaired) electrons. The Hall–Kier alpha value is -3.00. The molecule has 2 aromatic carbocycles. The molecule has 0 fully saturated rings. The number of nitrogens with zero attached hydrogens (tertiary/aromatic N) is 2. The van der Waals surface area contributed by atoms with Crippen LogP contribution in [0.15, 0.2) is 57.8 Å². The number of hydrogen-bond donors (Lipinski definition) is 1. The standard InChI is InChI=1S/C20H21N3O4S/c1-14-13-16(28(2,25)26)11-12-17(14)21-18(24)9-6-10-19-22-23-20(27-19)15-7-4-3-5-8-15/h3-5,7-8,11-13H,6,9-10H2,1-2H3,(H,21,24). The summed E-state index contributed by atoms with van der Waals surface area (Å²) in [5, 5.41) is 10.8. The first-order chi connectivity index (χ1) is 13.3. The average molecular weight is 399 g/mol. The molecule has 3 aromatic rings. The number of carbonyl (C=O) groups is 1. The quantitative estimate of drug-likeness (QED) is 0.653. The van der Waals surface area contributed by atoms with Gasteiger partial charge in [-0.05, 0) is 49.2 Å². The summed E-state index contributed by atoms with van der Waals surface area (Å²) in [5.41, 5.74) is 2.15. The Labute approximate surface area is 163 Å². The van der Waals surface area contributed by atoms with Crippen molar-refractivity contribution < 1.29 is 17.6 Å². The number of nitrogens with one attached hydrogen (secondary N) is 1. The van der Waals surface area contributed by atoms with Crippen molar-refractivity contribution in [1.82, 2.24) is 10.2 Å². The zero-order valence-electron chi connectivity index (χ0n) is 15.7. The SMILES string of the molecule is Cc1cc(S(C)(=O)=O)ccc1NC(=O)CCCc1nnc(-c2ccccc2)o1. The van der Waals surface area contributed by atoms with Gasteiger partial charge in [-0.3, -0.25) is 4.79 Å². The minimum Gasteiger partial charge on any atom is -0.421 e. The summed E-state index contributed by atoms with van der Waals surface area (Å²) in [6, 6.07) is 14.1. The maximum absolute atomic E-state index is 12.2. The van der Waals surface area contributed by atoms with Gasteiger partial charge in [-0.1, -0.05) is 18.2 Å². The molecule has 0 unspecified atom stereocenters. The number of anilines is 1. The van der Waals surface area contributed by atoms with Gasteiger partial charge in [0.05, 0.1) is 4.90 Å². The highest BCUT2D eigenvalue weighted by Gasteiger charge is 2.12. The van der Waals surface area contributed by atoms with Gasteiger partial charge in [0.2, 0.25) is 17.7 Å². The first-order valence-corrected chi connectivity index (χ1v) is 10.7. The minimum atomic E-state index is -3.27. The fourth-order valence-electron chi connectivity index (χ4n) is 2.67. The Morgan fingerprint density at radius 1 is 1.11 bits per heavy atom. The lowest BCUT2D eigenvalue weighted by Crippen LogP contribution is -2.13. The predicted octanol–water partition coefficient (Wildman–Crippen LogP) is 3.41. The van der Waals surface area contributed by atoms with E-state index in [4.69, 9.17) is 4.42 Å². The number of sulfone groups is 1. The molecule has 1 amide bonds. The highest BCUT2D eigenvalue weighted by atomic mass is 32.2. The van der Waals surface area contributed by atoms with Gasteiger partial charge in [-0.15, -0.1) is 10.2 Å². The largest absolute Gasteiger partial charge is 0.421 e. The molecule has 3 rings (SSSR count). The van der Waals surface area contributed by atoms with Crippen LogP contribution in [0, 0.1) is 6.92 Å². The van der Waals surface area contributed by atoms with Crippen LogP contribution in [0.5, 0.6) is 0 Å². The Morgan fingerprint density at radius 3 is 2.54 bits per heavy atom. The van der Waals surface area contributed by atoms with Gasteiger partial charge in [0.1, 0.15) is 0 Å². The van der Waals surface area contributed by atoms with Gasteiger partial charge < -0.3 is 9.73 Å². The van der Waals surface area contributed by atoms with Crippen LogP contribution in [0.3, 0.4) is 0 Å². The molecule has 0 aliphatic rings. The van der Waals surface area contributed by atoms with Crippen LogP contribution in [-0.2, 0) is 21.1 Å². The van der Waals surface area contributed by atoms with Gasteiger partial charge in [0.15, 0.2) is 9.84 Å². The molecule has 0 saturated carbocycles. The Bertz CT molecular complexity index is 1080. The van der Waals surface area contributed by atoms with Crippen molar-refractivity contribution in [2.45, 2.75) is 31.1 Å². The Kier molecular flexibility index (Phi) is 5.89. The first kappa shape index (κ1) is 19.8. The summed E-state index contributed by atoms with van der Waals surface area (Å²) >= 11 is 0. The zero-order valence-corrected chi connectivity index (χ0v) is 16.5. The van der Waals surface area contributed by atoms with Crippen LogP contribution in [0.25, 0.3) is 11.5 Å². The molecular formula is C20H21N3O4S. The lowest BCUT2D eigenvalue weighted by atomic mass is 10.2. The van der Waals surface area contributed by atoms with E-state index < -0.39 is 9.84 Å². The maximum Gasteiger partial charge on any atom is 0.247 e. The third kappa shape index (κ3) is 5.04. The molecule has 1 heterocycles. The van der Waals surface area contributed by atoms with Gasteiger partial charge >= 0.3 is 0 Å². The van der Waals surface area contributed by atoms with E-state index in [0.29, 0.717) is 35.9 Å². The van der Waals surface area contributed by atoms with Crippen LogP contribution in [-0.4, -0.2) is 30.8 Å². The topological polar surface area (TPSA) is 102 Å². The molecule has 0 aliphatic heterocycles. The number of aromatic nitrogens is 2. The number of amides is 1. The molecule has 0 atom stereocenters. The van der Waals surface area contributed by atoms with E-state index in [1.165, 1.54) is 6.07 Å². The van der Waals surface area contributed by atoms with E-state index in [9.17, 15) is 13.2 Å². The van der Waals surface area contributed by atoms with Crippen molar-refractivity contribution in [2.75, 3.05) is 11.6 Å². The summed E-state index contributed by atoms with van der Waals surface area (Å²) in [6.45, 7) is 1.76. The van der Waals surface area contributed by atoms with Crippen LogP contribution < -0.4 is 5.32 Å². The highest BCUT2D eigenvalue weighted by molar-refractivity contribution is 7.90. The summed E-state index contributed by atoms with van der Waals surface area (Å²) in [6.07, 6.45) is 2.50. The molecule has 146 valence electrons. The molecule has 1 N–H and O–H groups in total. The van der Waals surface area contributed by atoms with E-state index in [1.54, 1.807) is 19.1 Å². The van der Waals surface area contributed by atoms with E-state index in [1.807, 2.05) is 30.3 Å². The Morgan fingerprint density at radius 2 is 1.86 bits per heavy atom. The van der Waals surface area contributed by atoms with Crippen LogP contribution in [0.2, 0.25) is 0 Å². The van der Waals surface area contributed by atoms with E-state index in [-0.39, 0.29) is 17.2 Å². The monoisotopic (exact) mass is 399 g/mol. The van der Waals surface area contributed by atoms with Crippen LogP contribution in [0.1, 0.15) is 24.3 Å². The summed E-state index contributed by atoms with van der Waals surface area (Å²) in [4.78, 5) is 12.4. The van der Waals surface area contributed by atoms with Crippen molar-refractivity contribution in [3.05, 3.63) is 60.0 Å². The molecule has 0 spiro atoms. The molecule has 28 heavy (non-hydrogen) atoms. The van der Waals surface area contributed by atoms with Crippen LogP contribution >= 0.6 is 0 Å². The number of aryl methyl sites for hydroxylation is 2. The molecule has 7 nitrogen and oxygen atoms in total. The second kappa shape index (κ2) is 8.35. The predicted molar refractivity (Wildman–Crippen MR) is 106 cm³/mol. The average Bonchev–Trinajstić information content (AvgIpc) is 3.12. The van der Waals surface area contributed by atoms with Gasteiger partial charge in [-0.2, -0.15) is 0 Å². The normalized spacial score (nSPS) is 11.4. The second-order valence-electron chi connectivity index (χ2n) is 6.52. The molecule has 0 aliphatic carbocycles. The van der Waals surface area contributed by atoms with Gasteiger partial charge in [0.25, 0.3) is 0 Å². The minimum absolute atomic E-state index is 0.155. The zero-order chi connectivity index (χ0) is 20.1. The molecule has 1 aromatic heterocycles. The van der Waals surface area contributed by atoms with Crippen molar-refractivity contribution in [1.29, 1.82) is 0 Å². The second-order valence-corrected chi connectivity index (χ2v) is 8.53. The fourth-order valence-corrected chi connectivity index (χ4v) is 3.38. The number of carbonyl (C=O) groups excluding carboxylic acids is 1. The van der Waals surface area contributed by atoms with Crippen LogP contribution in [0.4, 0.5) is 5.69 Å². The summed E-state index contributed by atoms with van der Waals surface area (Å²) in [7, 11) is -3.27. The number of benzene rings is 2. The van der Waals surface area contributed by atoms with E-state index >= 15 is 0 Å². The third-order valence-electron chi connectivity index (χ3n) is 4.18. The fraction of sp³-hybridized carbons (Fsp3) is 0.250. The maximum atomic E-state index is 12.2. The highest BCUT2D eigenvalue weighted by Crippen LogP contribution is 2.20. The molecule has 0 bridgehead atoms. The summed E-state index contributed by atoms with van der Waals surface area (Å²) in [5.74, 6) is 0.792. The van der Waals surface area contributed by atoms with Gasteiger partial charge in [0, 0.05) is 30.3 Å². The van der Waals surface area contributed by atoms with E-state index in [0.717, 1.165) is 11.8 Å². The number of rotatable bonds is 7. The third-order valence-corrected chi connectivity index (χ3v) is 5.29. The van der Waals surface area contributed by atoms with Crippen molar-refractivity contribution in [3.8, 4) is 11.5 Å². The number of hydrogen-bond acceptors (Lipinski definition) is 6. The molecule has 0 saturated heterocycles. The van der Waals surface area contributed by atoms with Crippen molar-refractivity contribution in [2.24, 2.45) is 0 Å². The first-order valence-electron chi connectivity index (χ1n) is 8.81. The van der Waals surface area contributed by atoms with E-state index in [2.05, 4.69) is 15.5 Å². The summed E-state index contributed by atoms with van der Waals surface area (Å²) < 4.78 is 28.8. The smallest absolute Gasteiger partial charge is 0.247 e. The molecular weight excluding hydrogens is 378 g/mol. The van der Waals surface area contributed by atoms with Gasteiger partial charge in [-0.25, -0.2) is 8.42 Å². The Balaban J connectivity index is 1.52.